The van der Waals surface area contributed by atoms with Crippen molar-refractivity contribution in [1.82, 2.24) is 25.0 Å². The van der Waals surface area contributed by atoms with Crippen molar-refractivity contribution in [1.29, 1.82) is 0 Å². The zero-order valence-corrected chi connectivity index (χ0v) is 19.5. The van der Waals surface area contributed by atoms with Crippen LogP contribution in [0.3, 0.4) is 0 Å². The largest absolute Gasteiger partial charge is 0.493 e. The summed E-state index contributed by atoms with van der Waals surface area (Å²) in [5.74, 6) is 2.05. The maximum Gasteiger partial charge on any atom is 0.230 e. The molecule has 0 aliphatic carbocycles. The third kappa shape index (κ3) is 5.23. The summed E-state index contributed by atoms with van der Waals surface area (Å²) in [7, 11) is 0. The van der Waals surface area contributed by atoms with Crippen LogP contribution in [0.5, 0.6) is 5.75 Å². The summed E-state index contributed by atoms with van der Waals surface area (Å²) in [6.45, 7) is 3.57. The number of benzene rings is 2. The molecule has 3 aromatic rings. The number of ether oxygens (including phenoxy) is 1. The number of para-hydroxylation sites is 2. The van der Waals surface area contributed by atoms with Crippen molar-refractivity contribution in [3.63, 3.8) is 0 Å². The van der Waals surface area contributed by atoms with Crippen molar-refractivity contribution in [3.8, 4) is 11.4 Å². The van der Waals surface area contributed by atoms with E-state index in [9.17, 15) is 4.79 Å². The summed E-state index contributed by atoms with van der Waals surface area (Å²) < 4.78 is 7.81. The number of piperidine rings is 1. The molecule has 1 N–H and O–H groups in total. The maximum absolute atomic E-state index is 12.8. The van der Waals surface area contributed by atoms with Crippen LogP contribution in [-0.2, 0) is 11.3 Å². The monoisotopic (exact) mass is 463 g/mol. The number of amides is 1. The SMILES string of the molecule is O=C(CSc1nnc(CN2CCCCC2)n1-c1ccccc1)NC1CCOc2ccccc21. The van der Waals surface area contributed by atoms with Gasteiger partial charge < -0.3 is 10.1 Å². The molecular formula is C25H29N5O2S. The third-order valence-corrected chi connectivity index (χ3v) is 7.08. The fraction of sp³-hybridized carbons (Fsp3) is 0.400. The van der Waals surface area contributed by atoms with E-state index in [4.69, 9.17) is 4.74 Å². The summed E-state index contributed by atoms with van der Waals surface area (Å²) >= 11 is 1.43. The zero-order chi connectivity index (χ0) is 22.5. The van der Waals surface area contributed by atoms with E-state index in [0.29, 0.717) is 6.61 Å². The lowest BCUT2D eigenvalue weighted by molar-refractivity contribution is -0.119. The lowest BCUT2D eigenvalue weighted by Gasteiger charge is -2.26. The minimum absolute atomic E-state index is 0.0121. The van der Waals surface area contributed by atoms with Gasteiger partial charge in [-0.3, -0.25) is 14.3 Å². The highest BCUT2D eigenvalue weighted by Crippen LogP contribution is 2.32. The Morgan fingerprint density at radius 3 is 2.67 bits per heavy atom. The number of aromatic nitrogens is 3. The lowest BCUT2D eigenvalue weighted by atomic mass is 10.0. The molecule has 1 fully saturated rings. The summed E-state index contributed by atoms with van der Waals surface area (Å²) in [6.07, 6.45) is 4.54. The molecule has 5 rings (SSSR count). The molecule has 8 heteroatoms. The molecule has 33 heavy (non-hydrogen) atoms. The van der Waals surface area contributed by atoms with E-state index in [0.717, 1.165) is 54.0 Å². The van der Waals surface area contributed by atoms with Gasteiger partial charge in [-0.15, -0.1) is 10.2 Å². The Hall–Kier alpha value is -2.84. The fourth-order valence-electron chi connectivity index (χ4n) is 4.51. The Morgan fingerprint density at radius 1 is 1.03 bits per heavy atom. The number of hydrogen-bond acceptors (Lipinski definition) is 6. The minimum atomic E-state index is -0.0234. The van der Waals surface area contributed by atoms with Crippen molar-refractivity contribution in [2.24, 2.45) is 0 Å². The van der Waals surface area contributed by atoms with Crippen LogP contribution < -0.4 is 10.1 Å². The molecule has 1 aromatic heterocycles. The first-order chi connectivity index (χ1) is 16.3. The molecule has 3 heterocycles. The van der Waals surface area contributed by atoms with Crippen molar-refractivity contribution in [2.45, 2.75) is 43.4 Å². The topological polar surface area (TPSA) is 72.3 Å². The van der Waals surface area contributed by atoms with Gasteiger partial charge in [0, 0.05) is 17.7 Å². The standard InChI is InChI=1S/C25H29N5O2S/c31-24(26-21-13-16-32-22-12-6-5-11-20(21)22)18-33-25-28-27-23(17-29-14-7-2-8-15-29)30(25)19-9-3-1-4-10-19/h1,3-6,9-12,21H,2,7-8,13-18H2,(H,26,31). The molecule has 1 amide bonds. The number of carbonyl (C=O) groups is 1. The number of hydrogen-bond donors (Lipinski definition) is 1. The van der Waals surface area contributed by atoms with Gasteiger partial charge in [0.1, 0.15) is 5.75 Å². The van der Waals surface area contributed by atoms with E-state index in [1.807, 2.05) is 42.5 Å². The fourth-order valence-corrected chi connectivity index (χ4v) is 5.29. The van der Waals surface area contributed by atoms with Gasteiger partial charge in [-0.1, -0.05) is 54.6 Å². The van der Waals surface area contributed by atoms with Crippen molar-refractivity contribution < 1.29 is 9.53 Å². The second kappa shape index (κ2) is 10.4. The van der Waals surface area contributed by atoms with Gasteiger partial charge in [0.15, 0.2) is 11.0 Å². The second-order valence-electron chi connectivity index (χ2n) is 8.49. The van der Waals surface area contributed by atoms with Crippen LogP contribution >= 0.6 is 11.8 Å². The minimum Gasteiger partial charge on any atom is -0.493 e. The highest BCUT2D eigenvalue weighted by molar-refractivity contribution is 7.99. The van der Waals surface area contributed by atoms with Gasteiger partial charge in [-0.25, -0.2) is 0 Å². The quantitative estimate of drug-likeness (QED) is 0.535. The Bertz CT molecular complexity index is 1080. The molecular weight excluding hydrogens is 434 g/mol. The van der Waals surface area contributed by atoms with Crippen molar-refractivity contribution in [2.75, 3.05) is 25.4 Å². The van der Waals surface area contributed by atoms with Crippen LogP contribution in [0.4, 0.5) is 0 Å². The Balaban J connectivity index is 1.29. The van der Waals surface area contributed by atoms with Gasteiger partial charge in [0.2, 0.25) is 5.91 Å². The van der Waals surface area contributed by atoms with E-state index >= 15 is 0 Å². The van der Waals surface area contributed by atoms with Gasteiger partial charge in [0.05, 0.1) is 24.9 Å². The Labute approximate surface area is 198 Å². The average Bonchev–Trinajstić information content (AvgIpc) is 3.26. The molecule has 0 radical (unpaired) electrons. The number of likely N-dealkylation sites (tertiary alicyclic amines) is 1. The number of fused-ring (bicyclic) bond motifs is 1. The van der Waals surface area contributed by atoms with Crippen LogP contribution in [0.15, 0.2) is 59.8 Å². The smallest absolute Gasteiger partial charge is 0.230 e. The average molecular weight is 464 g/mol. The van der Waals surface area contributed by atoms with Gasteiger partial charge >= 0.3 is 0 Å². The van der Waals surface area contributed by atoms with Crippen molar-refractivity contribution >= 4 is 17.7 Å². The van der Waals surface area contributed by atoms with Crippen LogP contribution in [-0.4, -0.2) is 51.0 Å². The molecule has 0 saturated carbocycles. The number of nitrogens with one attached hydrogen (secondary N) is 1. The second-order valence-corrected chi connectivity index (χ2v) is 9.43. The number of thioether (sulfide) groups is 1. The molecule has 2 aliphatic rings. The third-order valence-electron chi connectivity index (χ3n) is 6.15. The predicted octanol–water partition coefficient (Wildman–Crippen LogP) is 3.99. The van der Waals surface area contributed by atoms with Crippen LogP contribution in [0, 0.1) is 0 Å². The zero-order valence-electron chi connectivity index (χ0n) is 18.7. The van der Waals surface area contributed by atoms with E-state index in [-0.39, 0.29) is 17.7 Å². The lowest BCUT2D eigenvalue weighted by Crippen LogP contribution is -2.33. The van der Waals surface area contributed by atoms with Crippen molar-refractivity contribution in [3.05, 3.63) is 66.0 Å². The molecule has 1 unspecified atom stereocenters. The van der Waals surface area contributed by atoms with E-state index in [1.165, 1.54) is 31.0 Å². The van der Waals surface area contributed by atoms with E-state index in [1.54, 1.807) is 0 Å². The van der Waals surface area contributed by atoms with E-state index < -0.39 is 0 Å². The molecule has 2 aromatic carbocycles. The summed E-state index contributed by atoms with van der Waals surface area (Å²) in [6, 6.07) is 18.0. The highest BCUT2D eigenvalue weighted by Gasteiger charge is 2.24. The Morgan fingerprint density at radius 2 is 1.82 bits per heavy atom. The number of rotatable bonds is 7. The van der Waals surface area contributed by atoms with Crippen LogP contribution in [0.25, 0.3) is 5.69 Å². The first kappa shape index (κ1) is 22.0. The first-order valence-electron chi connectivity index (χ1n) is 11.6. The van der Waals surface area contributed by atoms with Crippen LogP contribution in [0.1, 0.15) is 43.1 Å². The molecule has 2 aliphatic heterocycles. The summed E-state index contributed by atoms with van der Waals surface area (Å²) in [5.41, 5.74) is 2.06. The first-order valence-corrected chi connectivity index (χ1v) is 12.6. The van der Waals surface area contributed by atoms with Gasteiger partial charge in [0.25, 0.3) is 0 Å². The number of nitrogens with zero attached hydrogens (tertiary/aromatic N) is 4. The van der Waals surface area contributed by atoms with Gasteiger partial charge in [-0.05, 0) is 44.1 Å². The predicted molar refractivity (Wildman–Crippen MR) is 129 cm³/mol. The maximum atomic E-state index is 12.8. The highest BCUT2D eigenvalue weighted by atomic mass is 32.2. The van der Waals surface area contributed by atoms with Gasteiger partial charge in [-0.2, -0.15) is 0 Å². The molecule has 1 saturated heterocycles. The Kier molecular flexibility index (Phi) is 6.92. The summed E-state index contributed by atoms with van der Waals surface area (Å²) in [5, 5.41) is 12.9. The molecule has 1 atom stereocenters. The molecule has 172 valence electrons. The molecule has 0 spiro atoms. The molecule has 0 bridgehead atoms. The van der Waals surface area contributed by atoms with Crippen LogP contribution in [0.2, 0.25) is 0 Å². The van der Waals surface area contributed by atoms with E-state index in [2.05, 4.69) is 37.1 Å². The normalized spacial score (nSPS) is 18.4. The summed E-state index contributed by atoms with van der Waals surface area (Å²) in [4.78, 5) is 15.3. The molecule has 7 nitrogen and oxygen atoms in total. The number of carbonyl (C=O) groups excluding carboxylic acids is 1.